The van der Waals surface area contributed by atoms with Crippen LogP contribution in [0.25, 0.3) is 0 Å². The van der Waals surface area contributed by atoms with E-state index in [9.17, 15) is 9.90 Å². The summed E-state index contributed by atoms with van der Waals surface area (Å²) < 4.78 is 5.82. The number of carbonyl (C=O) groups is 1. The highest BCUT2D eigenvalue weighted by atomic mass is 16.6. The van der Waals surface area contributed by atoms with Gasteiger partial charge in [0.25, 0.3) is 0 Å². The molecule has 1 heterocycles. The molecule has 1 aliphatic heterocycles. The SMILES string of the molecule is Cc1cccc(C(O)(C(=O)OC[C@H]2C3CN(Cc4ccccc4)C[C@@H]32)C2CCCC2)c1. The molecule has 1 saturated heterocycles. The molecule has 1 N–H and O–H groups in total. The van der Waals surface area contributed by atoms with E-state index >= 15 is 0 Å². The number of esters is 1. The van der Waals surface area contributed by atoms with E-state index in [4.69, 9.17) is 4.74 Å². The number of hydrogen-bond acceptors (Lipinski definition) is 4. The fraction of sp³-hybridized carbons (Fsp3) is 0.519. The molecule has 3 fully saturated rings. The van der Waals surface area contributed by atoms with E-state index < -0.39 is 11.6 Å². The van der Waals surface area contributed by atoms with Crippen LogP contribution < -0.4 is 0 Å². The molecule has 4 nitrogen and oxygen atoms in total. The lowest BCUT2D eigenvalue weighted by Gasteiger charge is -2.32. The number of carbonyl (C=O) groups excluding carboxylic acids is 1. The van der Waals surface area contributed by atoms with E-state index in [2.05, 4.69) is 35.2 Å². The zero-order chi connectivity index (χ0) is 21.4. The number of piperidine rings is 1. The van der Waals surface area contributed by atoms with Crippen LogP contribution in [0.5, 0.6) is 0 Å². The highest BCUT2D eigenvalue weighted by Crippen LogP contribution is 2.52. The minimum absolute atomic E-state index is 0.0538. The topological polar surface area (TPSA) is 49.8 Å². The van der Waals surface area contributed by atoms with Crippen molar-refractivity contribution in [3.05, 3.63) is 71.3 Å². The third-order valence-corrected chi connectivity index (χ3v) is 7.82. The van der Waals surface area contributed by atoms with Crippen molar-refractivity contribution in [2.24, 2.45) is 23.7 Å². The van der Waals surface area contributed by atoms with Gasteiger partial charge in [-0.15, -0.1) is 0 Å². The number of likely N-dealkylation sites (tertiary alicyclic amines) is 1. The van der Waals surface area contributed by atoms with Gasteiger partial charge in [0, 0.05) is 31.5 Å². The van der Waals surface area contributed by atoms with Gasteiger partial charge in [-0.3, -0.25) is 4.90 Å². The van der Waals surface area contributed by atoms with Gasteiger partial charge in [-0.05, 0) is 42.7 Å². The number of rotatable bonds is 7. The molecule has 0 aromatic heterocycles. The number of aliphatic hydroxyl groups is 1. The number of fused-ring (bicyclic) bond motifs is 1. The zero-order valence-corrected chi connectivity index (χ0v) is 18.4. The Labute approximate surface area is 185 Å². The summed E-state index contributed by atoms with van der Waals surface area (Å²) in [7, 11) is 0. The molecule has 2 saturated carbocycles. The molecule has 4 heteroatoms. The van der Waals surface area contributed by atoms with Crippen LogP contribution >= 0.6 is 0 Å². The van der Waals surface area contributed by atoms with Crippen LogP contribution in [0.3, 0.4) is 0 Å². The van der Waals surface area contributed by atoms with Crippen molar-refractivity contribution in [3.8, 4) is 0 Å². The lowest BCUT2D eigenvalue weighted by Crippen LogP contribution is -2.44. The predicted molar refractivity (Wildman–Crippen MR) is 120 cm³/mol. The third kappa shape index (κ3) is 4.04. The van der Waals surface area contributed by atoms with E-state index in [1.807, 2.05) is 31.2 Å². The molecular formula is C27H33NO3. The van der Waals surface area contributed by atoms with Crippen LogP contribution in [0.15, 0.2) is 54.6 Å². The third-order valence-electron chi connectivity index (χ3n) is 7.82. The second-order valence-corrected chi connectivity index (χ2v) is 9.89. The molecule has 2 aromatic rings. The number of benzene rings is 2. The summed E-state index contributed by atoms with van der Waals surface area (Å²) in [6, 6.07) is 18.3. The largest absolute Gasteiger partial charge is 0.463 e. The van der Waals surface area contributed by atoms with Gasteiger partial charge in [-0.1, -0.05) is 73.0 Å². The van der Waals surface area contributed by atoms with Crippen LogP contribution in [0, 0.1) is 30.6 Å². The number of hydrogen-bond donors (Lipinski definition) is 1. The van der Waals surface area contributed by atoms with Gasteiger partial charge < -0.3 is 9.84 Å². The molecule has 0 amide bonds. The van der Waals surface area contributed by atoms with Crippen LogP contribution in [-0.2, 0) is 21.7 Å². The minimum atomic E-state index is -1.52. The zero-order valence-electron chi connectivity index (χ0n) is 18.4. The van der Waals surface area contributed by atoms with Crippen LogP contribution in [-0.4, -0.2) is 35.7 Å². The van der Waals surface area contributed by atoms with Crippen molar-refractivity contribution in [2.45, 2.75) is 44.8 Å². The summed E-state index contributed by atoms with van der Waals surface area (Å²) in [5, 5.41) is 11.6. The first-order valence-corrected chi connectivity index (χ1v) is 11.8. The molecule has 0 spiro atoms. The van der Waals surface area contributed by atoms with Crippen molar-refractivity contribution >= 4 is 5.97 Å². The molecule has 164 valence electrons. The Morgan fingerprint density at radius 1 is 1.06 bits per heavy atom. The number of nitrogens with zero attached hydrogens (tertiary/aromatic N) is 1. The second-order valence-electron chi connectivity index (χ2n) is 9.89. The minimum Gasteiger partial charge on any atom is -0.463 e. The Balaban J connectivity index is 1.19. The summed E-state index contributed by atoms with van der Waals surface area (Å²) in [5.41, 5.74) is 1.57. The Morgan fingerprint density at radius 2 is 1.77 bits per heavy atom. The van der Waals surface area contributed by atoms with E-state index in [0.717, 1.165) is 50.9 Å². The van der Waals surface area contributed by atoms with E-state index in [-0.39, 0.29) is 5.92 Å². The normalized spacial score (nSPS) is 27.6. The van der Waals surface area contributed by atoms with Crippen LogP contribution in [0.1, 0.15) is 42.4 Å². The van der Waals surface area contributed by atoms with Crippen molar-refractivity contribution < 1.29 is 14.6 Å². The van der Waals surface area contributed by atoms with Gasteiger partial charge in [0.05, 0.1) is 6.61 Å². The standard InChI is InChI=1S/C27H33NO3/c1-19-8-7-13-22(14-19)27(30,21-11-5-6-12-21)26(29)31-18-25-23-16-28(17-24(23)25)15-20-9-3-2-4-10-20/h2-4,7-10,13-14,21,23-25,30H,5-6,11-12,15-18H2,1H3/t23-,24?,25+,27?/m0/s1. The molecule has 2 aromatic carbocycles. The Hall–Kier alpha value is -2.17. The lowest BCUT2D eigenvalue weighted by molar-refractivity contribution is -0.174. The Morgan fingerprint density at radius 3 is 2.45 bits per heavy atom. The summed E-state index contributed by atoms with van der Waals surface area (Å²) in [4.78, 5) is 15.7. The monoisotopic (exact) mass is 419 g/mol. The van der Waals surface area contributed by atoms with Crippen LogP contribution in [0.2, 0.25) is 0 Å². The fourth-order valence-corrected chi connectivity index (χ4v) is 5.98. The van der Waals surface area contributed by atoms with E-state index in [1.165, 1.54) is 5.56 Å². The highest BCUT2D eigenvalue weighted by Gasteiger charge is 2.56. The van der Waals surface area contributed by atoms with Crippen LogP contribution in [0.4, 0.5) is 0 Å². The fourth-order valence-electron chi connectivity index (χ4n) is 5.98. The van der Waals surface area contributed by atoms with E-state index in [1.54, 1.807) is 0 Å². The maximum atomic E-state index is 13.2. The summed E-state index contributed by atoms with van der Waals surface area (Å²) >= 11 is 0. The molecule has 5 rings (SSSR count). The molecule has 2 unspecified atom stereocenters. The van der Waals surface area contributed by atoms with Gasteiger partial charge in [-0.25, -0.2) is 4.79 Å². The molecule has 2 aliphatic carbocycles. The van der Waals surface area contributed by atoms with Crippen molar-refractivity contribution in [2.75, 3.05) is 19.7 Å². The molecular weight excluding hydrogens is 386 g/mol. The van der Waals surface area contributed by atoms with E-state index in [0.29, 0.717) is 29.9 Å². The smallest absolute Gasteiger partial charge is 0.343 e. The van der Waals surface area contributed by atoms with Gasteiger partial charge in [0.15, 0.2) is 5.60 Å². The first-order chi connectivity index (χ1) is 15.1. The Kier molecular flexibility index (Phi) is 5.61. The highest BCUT2D eigenvalue weighted by molar-refractivity contribution is 5.81. The first-order valence-electron chi connectivity index (χ1n) is 11.8. The van der Waals surface area contributed by atoms with Crippen molar-refractivity contribution in [3.63, 3.8) is 0 Å². The van der Waals surface area contributed by atoms with Crippen molar-refractivity contribution in [1.29, 1.82) is 0 Å². The summed E-state index contributed by atoms with van der Waals surface area (Å²) in [6.07, 6.45) is 3.89. The Bertz CT molecular complexity index is 911. The molecule has 0 radical (unpaired) electrons. The number of ether oxygens (including phenoxy) is 1. The average Bonchev–Trinajstić information content (AvgIpc) is 3.17. The quantitative estimate of drug-likeness (QED) is 0.680. The van der Waals surface area contributed by atoms with Crippen molar-refractivity contribution in [1.82, 2.24) is 4.90 Å². The first kappa shape index (κ1) is 20.7. The molecule has 31 heavy (non-hydrogen) atoms. The average molecular weight is 420 g/mol. The molecule has 0 bridgehead atoms. The maximum Gasteiger partial charge on any atom is 0.343 e. The molecule has 3 aliphatic rings. The summed E-state index contributed by atoms with van der Waals surface area (Å²) in [5.74, 6) is 1.18. The van der Waals surface area contributed by atoms with Gasteiger partial charge in [-0.2, -0.15) is 0 Å². The maximum absolute atomic E-state index is 13.2. The number of aryl methyl sites for hydroxylation is 1. The second kappa shape index (κ2) is 8.40. The van der Waals surface area contributed by atoms with Gasteiger partial charge in [0.2, 0.25) is 0 Å². The van der Waals surface area contributed by atoms with Gasteiger partial charge >= 0.3 is 5.97 Å². The lowest BCUT2D eigenvalue weighted by atomic mass is 9.79. The molecule has 4 atom stereocenters. The predicted octanol–water partition coefficient (Wildman–Crippen LogP) is 4.29. The van der Waals surface area contributed by atoms with Gasteiger partial charge in [0.1, 0.15) is 0 Å². The summed E-state index contributed by atoms with van der Waals surface area (Å²) in [6.45, 7) is 5.58.